The molecular formula is C91H54BrN7O4. The van der Waals surface area contributed by atoms with E-state index in [1.807, 2.05) is 176 Å². The van der Waals surface area contributed by atoms with Gasteiger partial charge in [-0.15, -0.1) is 0 Å². The van der Waals surface area contributed by atoms with Crippen molar-refractivity contribution in [1.29, 1.82) is 0 Å². The molecule has 0 bridgehead atoms. The summed E-state index contributed by atoms with van der Waals surface area (Å²) in [5, 5.41) is 10.7. The Bertz CT molecular complexity index is 6710. The number of hydrogen-bond donors (Lipinski definition) is 0. The van der Waals surface area contributed by atoms with Gasteiger partial charge in [0.05, 0.1) is 11.0 Å². The summed E-state index contributed by atoms with van der Waals surface area (Å²) in [6.45, 7) is 0. The number of hydrogen-bond acceptors (Lipinski definition) is 10. The van der Waals surface area contributed by atoms with E-state index < -0.39 is 0 Å². The minimum Gasteiger partial charge on any atom is -0.456 e. The molecule has 0 aliphatic heterocycles. The number of halogens is 1. The summed E-state index contributed by atoms with van der Waals surface area (Å²) in [6, 6.07) is 107. The minimum atomic E-state index is 0.583. The zero-order valence-electron chi connectivity index (χ0n) is 54.9. The molecule has 12 heteroatoms. The first-order valence-electron chi connectivity index (χ1n) is 34.1. The molecule has 103 heavy (non-hydrogen) atoms. The average Bonchev–Trinajstić information content (AvgIpc) is 1.58. The summed E-state index contributed by atoms with van der Waals surface area (Å²) >= 11 is 3.60. The fourth-order valence-electron chi connectivity index (χ4n) is 14.8. The molecule has 484 valence electrons. The molecule has 22 rings (SSSR count). The molecule has 0 fully saturated rings. The molecule has 14 aromatic carbocycles. The quantitative estimate of drug-likeness (QED) is 0.152. The van der Waals surface area contributed by atoms with Gasteiger partial charge in [-0.3, -0.25) is 0 Å². The molecule has 11 nitrogen and oxygen atoms in total. The Morgan fingerprint density at radius 1 is 0.243 bits per heavy atom. The summed E-state index contributed by atoms with van der Waals surface area (Å²) in [4.78, 5) is 29.3. The number of fused-ring (bicyclic) bond motifs is 20. The monoisotopic (exact) mass is 1390 g/mol. The van der Waals surface area contributed by atoms with Gasteiger partial charge in [0.1, 0.15) is 44.7 Å². The third kappa shape index (κ3) is 10.4. The molecule has 0 atom stereocenters. The average molecular weight is 1390 g/mol. The summed E-state index contributed by atoms with van der Waals surface area (Å²) in [5.41, 5.74) is 21.1. The van der Waals surface area contributed by atoms with Crippen molar-refractivity contribution >= 4 is 125 Å². The van der Waals surface area contributed by atoms with E-state index in [1.54, 1.807) is 0 Å². The minimum absolute atomic E-state index is 0.583. The number of benzene rings is 14. The van der Waals surface area contributed by atoms with Crippen LogP contribution in [0.25, 0.3) is 195 Å². The van der Waals surface area contributed by atoms with E-state index in [1.165, 1.54) is 44.1 Å². The molecule has 7 heterocycles. The van der Waals surface area contributed by atoms with Gasteiger partial charge in [-0.1, -0.05) is 234 Å². The highest BCUT2D eigenvalue weighted by molar-refractivity contribution is 9.10. The van der Waals surface area contributed by atoms with Crippen molar-refractivity contribution in [2.75, 3.05) is 0 Å². The van der Waals surface area contributed by atoms with Crippen LogP contribution in [0.4, 0.5) is 0 Å². The van der Waals surface area contributed by atoms with E-state index in [-0.39, 0.29) is 0 Å². The topological polar surface area (TPSA) is 135 Å². The van der Waals surface area contributed by atoms with Gasteiger partial charge in [-0.25, -0.2) is 29.9 Å². The SMILES string of the molecule is Brc1ccc2oc3ccc4oc5cc(-c6nc(-c7ccccc7)nc(-c7ccccc7)n6)ccc5c4c3c2c1.c1ccc(-c2nc(-c3ccccc3)nc(-c3ccc4c(c3)oc3ccc5oc6ccc(-n7c8ccccc8c8ccccc87)cc6c5c34)n2)cc1.c1ccc2c(c1)Cc1ccccc1-2. The number of para-hydroxylation sites is 2. The van der Waals surface area contributed by atoms with Crippen LogP contribution in [0.3, 0.4) is 0 Å². The van der Waals surface area contributed by atoms with Gasteiger partial charge in [-0.2, -0.15) is 0 Å². The predicted molar refractivity (Wildman–Crippen MR) is 418 cm³/mol. The van der Waals surface area contributed by atoms with Crippen molar-refractivity contribution < 1.29 is 17.7 Å². The van der Waals surface area contributed by atoms with Crippen molar-refractivity contribution in [3.05, 3.63) is 331 Å². The maximum absolute atomic E-state index is 6.57. The summed E-state index contributed by atoms with van der Waals surface area (Å²) in [5.74, 6) is 3.67. The second-order valence-electron chi connectivity index (χ2n) is 25.7. The molecule has 0 saturated carbocycles. The van der Waals surface area contributed by atoms with Gasteiger partial charge < -0.3 is 22.2 Å². The van der Waals surface area contributed by atoms with Crippen LogP contribution in [-0.4, -0.2) is 34.5 Å². The number of rotatable bonds is 7. The van der Waals surface area contributed by atoms with Gasteiger partial charge in [0.25, 0.3) is 0 Å². The van der Waals surface area contributed by atoms with Crippen molar-refractivity contribution in [3.63, 3.8) is 0 Å². The fourth-order valence-corrected chi connectivity index (χ4v) is 15.2. The lowest BCUT2D eigenvalue weighted by molar-refractivity contribution is 0.663. The molecule has 0 amide bonds. The van der Waals surface area contributed by atoms with Gasteiger partial charge >= 0.3 is 0 Å². The van der Waals surface area contributed by atoms with Crippen LogP contribution >= 0.6 is 15.9 Å². The summed E-state index contributed by atoms with van der Waals surface area (Å²) < 4.78 is 28.9. The highest BCUT2D eigenvalue weighted by Crippen LogP contribution is 2.45. The van der Waals surface area contributed by atoms with E-state index in [4.69, 9.17) is 47.6 Å². The first kappa shape index (κ1) is 59.6. The van der Waals surface area contributed by atoms with Crippen molar-refractivity contribution in [3.8, 4) is 85.1 Å². The standard InChI is InChI=1S/C45H26N4O2.C33H18BrN3O2.C13H10/c1-3-11-27(12-4-1)43-46-44(28-13-5-2-6-14-28)48-45(47-43)29-19-21-33-40(25-29)51-38-23-24-39-42(41(33)38)34-26-30(20-22-37(34)50-39)49-35-17-9-7-15-31(35)32-16-8-10-18-36(32)49;34-22-12-14-25-24(18-22)30-27(38-25)16-15-26-29(30)23-13-11-21(17-28(23)39-26)33-36-31(19-7-3-1-4-8-19)35-32(37-33)20-9-5-2-6-10-20;1-3-7-12-10(5-1)9-11-6-2-4-8-13(11)12/h1-26H;1-18H;1-8H,9H2. The third-order valence-electron chi connectivity index (χ3n) is 19.5. The Hall–Kier alpha value is -13.4. The summed E-state index contributed by atoms with van der Waals surface area (Å²) in [7, 11) is 0. The van der Waals surface area contributed by atoms with E-state index in [9.17, 15) is 0 Å². The largest absolute Gasteiger partial charge is 0.456 e. The first-order valence-corrected chi connectivity index (χ1v) is 34.9. The molecule has 1 aliphatic rings. The van der Waals surface area contributed by atoms with E-state index >= 15 is 0 Å². The Labute approximate surface area is 596 Å². The maximum atomic E-state index is 6.57. The first-order chi connectivity index (χ1) is 50.9. The van der Waals surface area contributed by atoms with Crippen molar-refractivity contribution in [2.24, 2.45) is 0 Å². The van der Waals surface area contributed by atoms with E-state index in [2.05, 4.69) is 160 Å². The predicted octanol–water partition coefficient (Wildman–Crippen LogP) is 24.5. The lowest BCUT2D eigenvalue weighted by Gasteiger charge is -2.08. The third-order valence-corrected chi connectivity index (χ3v) is 20.0. The van der Waals surface area contributed by atoms with Crippen LogP contribution in [0.1, 0.15) is 11.1 Å². The second kappa shape index (κ2) is 24.5. The molecule has 0 unspecified atom stereocenters. The fraction of sp³-hybridized carbons (Fsp3) is 0.0110. The van der Waals surface area contributed by atoms with E-state index in [0.717, 1.165) is 138 Å². The van der Waals surface area contributed by atoms with Gasteiger partial charge in [0.15, 0.2) is 34.9 Å². The number of aromatic nitrogens is 7. The van der Waals surface area contributed by atoms with Crippen LogP contribution in [0.2, 0.25) is 0 Å². The van der Waals surface area contributed by atoms with Gasteiger partial charge in [0, 0.05) is 97.4 Å². The van der Waals surface area contributed by atoms with Crippen molar-refractivity contribution in [2.45, 2.75) is 6.42 Å². The zero-order valence-corrected chi connectivity index (χ0v) is 56.5. The normalized spacial score (nSPS) is 11.9. The molecule has 0 spiro atoms. The van der Waals surface area contributed by atoms with Crippen LogP contribution < -0.4 is 0 Å². The number of nitrogens with zero attached hydrogens (tertiary/aromatic N) is 7. The van der Waals surface area contributed by atoms with Crippen LogP contribution in [0.15, 0.2) is 338 Å². The smallest absolute Gasteiger partial charge is 0.164 e. The Morgan fingerprint density at radius 3 is 1.00 bits per heavy atom. The Kier molecular flexibility index (Phi) is 14.2. The number of furan rings is 4. The zero-order chi connectivity index (χ0) is 68.1. The second-order valence-corrected chi connectivity index (χ2v) is 26.6. The summed E-state index contributed by atoms with van der Waals surface area (Å²) in [6.07, 6.45) is 1.10. The van der Waals surface area contributed by atoms with Gasteiger partial charge in [0.2, 0.25) is 0 Å². The highest BCUT2D eigenvalue weighted by atomic mass is 79.9. The van der Waals surface area contributed by atoms with Crippen molar-refractivity contribution in [1.82, 2.24) is 34.5 Å². The molecule has 0 radical (unpaired) electrons. The highest BCUT2D eigenvalue weighted by Gasteiger charge is 2.23. The molecule has 0 saturated heterocycles. The molecule has 0 N–H and O–H groups in total. The lowest BCUT2D eigenvalue weighted by atomic mass is 10.0. The van der Waals surface area contributed by atoms with Crippen LogP contribution in [0.5, 0.6) is 0 Å². The molecular weight excluding hydrogens is 1330 g/mol. The van der Waals surface area contributed by atoms with E-state index in [0.29, 0.717) is 34.9 Å². The molecule has 1 aliphatic carbocycles. The molecule has 21 aromatic rings. The Balaban J connectivity index is 0.000000120. The van der Waals surface area contributed by atoms with Crippen LogP contribution in [0, 0.1) is 0 Å². The van der Waals surface area contributed by atoms with Gasteiger partial charge in [-0.05, 0) is 126 Å². The lowest BCUT2D eigenvalue weighted by Crippen LogP contribution is -2.00. The Morgan fingerprint density at radius 2 is 0.573 bits per heavy atom. The maximum Gasteiger partial charge on any atom is 0.164 e. The molecule has 7 aromatic heterocycles. The van der Waals surface area contributed by atoms with Crippen LogP contribution in [-0.2, 0) is 6.42 Å².